The third kappa shape index (κ3) is 5.74. The summed E-state index contributed by atoms with van der Waals surface area (Å²) in [5, 5.41) is 0. The van der Waals surface area contributed by atoms with Gasteiger partial charge < -0.3 is 33.3 Å². The van der Waals surface area contributed by atoms with Crippen molar-refractivity contribution in [3.8, 4) is 34.5 Å². The topological polar surface area (TPSA) is 75.7 Å². The van der Waals surface area contributed by atoms with Crippen LogP contribution in [0.15, 0.2) is 54.6 Å². The first-order valence-corrected chi connectivity index (χ1v) is 12.7. The lowest BCUT2D eigenvalue weighted by atomic mass is 9.91. The van der Waals surface area contributed by atoms with Crippen LogP contribution in [0.2, 0.25) is 0 Å². The van der Waals surface area contributed by atoms with E-state index in [1.54, 1.807) is 39.5 Å². The number of amides is 1. The van der Waals surface area contributed by atoms with Gasteiger partial charge in [0.15, 0.2) is 23.0 Å². The van der Waals surface area contributed by atoms with Crippen LogP contribution in [0.25, 0.3) is 0 Å². The Morgan fingerprint density at radius 1 is 0.763 bits per heavy atom. The molecule has 1 aliphatic heterocycles. The Bertz CT molecular complexity index is 1240. The Morgan fingerprint density at radius 3 is 2.08 bits per heavy atom. The van der Waals surface area contributed by atoms with E-state index in [1.807, 2.05) is 55.1 Å². The summed E-state index contributed by atoms with van der Waals surface area (Å²) in [7, 11) is 4.85. The average Bonchev–Trinajstić information content (AvgIpc) is 2.96. The zero-order valence-electron chi connectivity index (χ0n) is 22.6. The van der Waals surface area contributed by atoms with E-state index in [1.165, 1.54) is 0 Å². The molecule has 38 heavy (non-hydrogen) atoms. The van der Waals surface area contributed by atoms with Crippen LogP contribution >= 0.6 is 0 Å². The largest absolute Gasteiger partial charge is 0.497 e. The molecule has 1 aliphatic rings. The highest BCUT2D eigenvalue weighted by molar-refractivity contribution is 5.95. The molecule has 0 spiro atoms. The molecule has 0 N–H and O–H groups in total. The number of hydrogen-bond donors (Lipinski definition) is 0. The summed E-state index contributed by atoms with van der Waals surface area (Å²) in [5.41, 5.74) is 2.58. The van der Waals surface area contributed by atoms with Crippen LogP contribution in [0.5, 0.6) is 34.5 Å². The minimum atomic E-state index is -0.352. The second-order valence-electron chi connectivity index (χ2n) is 8.68. The molecular formula is C30H35NO7. The fourth-order valence-electron chi connectivity index (χ4n) is 4.65. The monoisotopic (exact) mass is 521 g/mol. The van der Waals surface area contributed by atoms with E-state index in [4.69, 9.17) is 28.4 Å². The molecule has 1 atom stereocenters. The molecule has 8 nitrogen and oxygen atoms in total. The van der Waals surface area contributed by atoms with Crippen molar-refractivity contribution < 1.29 is 33.2 Å². The molecule has 4 rings (SSSR count). The van der Waals surface area contributed by atoms with Gasteiger partial charge in [-0.3, -0.25) is 4.79 Å². The number of benzene rings is 3. The highest BCUT2D eigenvalue weighted by Crippen LogP contribution is 2.39. The Kier molecular flexibility index (Phi) is 8.84. The standard InChI is InChI=1S/C30H35NO7/c1-6-36-26-13-8-21(17-29(26)37-7-2)30(32)31-15-14-20-16-27(34-4)28(35-5)18-24(20)25(31)19-38-23-11-9-22(33-3)10-12-23/h8-13,16-18,25H,6-7,14-15,19H2,1-5H3/t25-/m0/s1. The average molecular weight is 522 g/mol. The van der Waals surface area contributed by atoms with Gasteiger partial charge in [-0.1, -0.05) is 0 Å². The third-order valence-corrected chi connectivity index (χ3v) is 6.52. The normalized spacial score (nSPS) is 14.3. The first kappa shape index (κ1) is 27.0. The fraction of sp³-hybridized carbons (Fsp3) is 0.367. The summed E-state index contributed by atoms with van der Waals surface area (Å²) < 4.78 is 34.0. The third-order valence-electron chi connectivity index (χ3n) is 6.52. The van der Waals surface area contributed by atoms with E-state index < -0.39 is 0 Å². The van der Waals surface area contributed by atoms with Crippen LogP contribution in [-0.2, 0) is 6.42 Å². The summed E-state index contributed by atoms with van der Waals surface area (Å²) in [6.07, 6.45) is 0.676. The number of rotatable bonds is 11. The van der Waals surface area contributed by atoms with Gasteiger partial charge in [-0.25, -0.2) is 0 Å². The lowest BCUT2D eigenvalue weighted by molar-refractivity contribution is 0.0588. The smallest absolute Gasteiger partial charge is 0.254 e. The van der Waals surface area contributed by atoms with Crippen molar-refractivity contribution in [2.24, 2.45) is 0 Å². The zero-order chi connectivity index (χ0) is 27.1. The second kappa shape index (κ2) is 12.4. The predicted molar refractivity (Wildman–Crippen MR) is 144 cm³/mol. The van der Waals surface area contributed by atoms with Crippen LogP contribution in [0.4, 0.5) is 0 Å². The number of carbonyl (C=O) groups is 1. The summed E-state index contributed by atoms with van der Waals surface area (Å²) in [4.78, 5) is 15.8. The van der Waals surface area contributed by atoms with Crippen LogP contribution < -0.4 is 28.4 Å². The molecule has 0 saturated carbocycles. The molecule has 0 unspecified atom stereocenters. The molecule has 0 bridgehead atoms. The number of ether oxygens (including phenoxy) is 6. The molecule has 1 amide bonds. The Labute approximate surface area is 224 Å². The lowest BCUT2D eigenvalue weighted by Gasteiger charge is -2.37. The number of nitrogens with zero attached hydrogens (tertiary/aromatic N) is 1. The van der Waals surface area contributed by atoms with Crippen molar-refractivity contribution in [3.63, 3.8) is 0 Å². The summed E-state index contributed by atoms with van der Waals surface area (Å²) in [6.45, 7) is 5.57. The first-order valence-electron chi connectivity index (χ1n) is 12.7. The molecule has 1 heterocycles. The summed E-state index contributed by atoms with van der Waals surface area (Å²) in [6, 6.07) is 16.3. The number of fused-ring (bicyclic) bond motifs is 1. The van der Waals surface area contributed by atoms with E-state index in [9.17, 15) is 4.79 Å². The van der Waals surface area contributed by atoms with Gasteiger partial charge >= 0.3 is 0 Å². The van der Waals surface area contributed by atoms with Gasteiger partial charge in [0.25, 0.3) is 5.91 Å². The van der Waals surface area contributed by atoms with Gasteiger partial charge in [0, 0.05) is 12.1 Å². The van der Waals surface area contributed by atoms with Crippen molar-refractivity contribution in [1.82, 2.24) is 4.90 Å². The minimum absolute atomic E-state index is 0.113. The zero-order valence-corrected chi connectivity index (χ0v) is 22.6. The van der Waals surface area contributed by atoms with Gasteiger partial charge in [-0.2, -0.15) is 0 Å². The van der Waals surface area contributed by atoms with Gasteiger partial charge in [-0.05, 0) is 86.0 Å². The minimum Gasteiger partial charge on any atom is -0.497 e. The second-order valence-corrected chi connectivity index (χ2v) is 8.68. The van der Waals surface area contributed by atoms with E-state index in [-0.39, 0.29) is 18.6 Å². The van der Waals surface area contributed by atoms with E-state index in [0.29, 0.717) is 60.5 Å². The number of hydrogen-bond acceptors (Lipinski definition) is 7. The molecule has 0 saturated heterocycles. The Morgan fingerprint density at radius 2 is 1.42 bits per heavy atom. The van der Waals surface area contributed by atoms with Crippen molar-refractivity contribution in [2.45, 2.75) is 26.3 Å². The quantitative estimate of drug-likeness (QED) is 0.338. The van der Waals surface area contributed by atoms with E-state index >= 15 is 0 Å². The molecule has 3 aromatic carbocycles. The fourth-order valence-corrected chi connectivity index (χ4v) is 4.65. The van der Waals surface area contributed by atoms with Crippen molar-refractivity contribution in [2.75, 3.05) is 47.7 Å². The maximum absolute atomic E-state index is 13.9. The maximum atomic E-state index is 13.9. The number of carbonyl (C=O) groups excluding carboxylic acids is 1. The van der Waals surface area contributed by atoms with Crippen molar-refractivity contribution in [1.29, 1.82) is 0 Å². The number of methoxy groups -OCH3 is 3. The van der Waals surface area contributed by atoms with Crippen molar-refractivity contribution in [3.05, 3.63) is 71.3 Å². The van der Waals surface area contributed by atoms with Crippen LogP contribution in [0.1, 0.15) is 41.4 Å². The van der Waals surface area contributed by atoms with E-state index in [2.05, 4.69) is 0 Å². The van der Waals surface area contributed by atoms with Crippen LogP contribution in [0, 0.1) is 0 Å². The van der Waals surface area contributed by atoms with Crippen LogP contribution in [-0.4, -0.2) is 58.5 Å². The Hall–Kier alpha value is -4.07. The van der Waals surface area contributed by atoms with Gasteiger partial charge in [0.2, 0.25) is 0 Å². The van der Waals surface area contributed by atoms with Gasteiger partial charge in [0.1, 0.15) is 18.1 Å². The molecule has 0 aromatic heterocycles. The molecular weight excluding hydrogens is 486 g/mol. The highest BCUT2D eigenvalue weighted by Gasteiger charge is 2.33. The molecule has 0 aliphatic carbocycles. The predicted octanol–water partition coefficient (Wildman–Crippen LogP) is 5.33. The van der Waals surface area contributed by atoms with Gasteiger partial charge in [-0.15, -0.1) is 0 Å². The van der Waals surface area contributed by atoms with Crippen molar-refractivity contribution >= 4 is 5.91 Å². The molecule has 202 valence electrons. The SMILES string of the molecule is CCOc1ccc(C(=O)N2CCc3cc(OC)c(OC)cc3[C@@H]2COc2ccc(OC)cc2)cc1OCC. The first-order chi connectivity index (χ1) is 18.5. The Balaban J connectivity index is 1.69. The molecule has 0 fully saturated rings. The lowest BCUT2D eigenvalue weighted by Crippen LogP contribution is -2.42. The molecule has 3 aromatic rings. The molecule has 0 radical (unpaired) electrons. The van der Waals surface area contributed by atoms with Crippen LogP contribution in [0.3, 0.4) is 0 Å². The maximum Gasteiger partial charge on any atom is 0.254 e. The molecule has 8 heteroatoms. The van der Waals surface area contributed by atoms with Gasteiger partial charge in [0.05, 0.1) is 40.6 Å². The van der Waals surface area contributed by atoms with E-state index in [0.717, 1.165) is 16.9 Å². The highest BCUT2D eigenvalue weighted by atomic mass is 16.5. The summed E-state index contributed by atoms with van der Waals surface area (Å²) >= 11 is 0. The summed E-state index contributed by atoms with van der Waals surface area (Å²) in [5.74, 6) is 3.75.